The van der Waals surface area contributed by atoms with Gasteiger partial charge in [-0.05, 0) is 83.1 Å². The highest BCUT2D eigenvalue weighted by Crippen LogP contribution is 2.39. The summed E-state index contributed by atoms with van der Waals surface area (Å²) in [6.07, 6.45) is 2.77. The van der Waals surface area contributed by atoms with E-state index in [0.717, 1.165) is 33.9 Å². The lowest BCUT2D eigenvalue weighted by Gasteiger charge is -2.24. The van der Waals surface area contributed by atoms with E-state index in [9.17, 15) is 18.0 Å². The first-order valence-corrected chi connectivity index (χ1v) is 19.7. The molecule has 14 nitrogen and oxygen atoms in total. The molecule has 5 rings (SSSR count). The Morgan fingerprint density at radius 1 is 0.839 bits per heavy atom. The number of anilines is 4. The second kappa shape index (κ2) is 17.8. The van der Waals surface area contributed by atoms with Gasteiger partial charge in [-0.25, -0.2) is 18.4 Å². The van der Waals surface area contributed by atoms with E-state index in [-0.39, 0.29) is 22.8 Å². The number of nitrogens with one attached hydrogen (secondary N) is 4. The molecule has 56 heavy (non-hydrogen) atoms. The second-order valence-corrected chi connectivity index (χ2v) is 15.8. The van der Waals surface area contributed by atoms with E-state index in [1.807, 2.05) is 58.0 Å². The molecule has 0 aliphatic carbocycles. The highest BCUT2D eigenvalue weighted by Gasteiger charge is 2.23. The van der Waals surface area contributed by atoms with Crippen LogP contribution >= 0.6 is 0 Å². The average molecular weight is 785 g/mol. The quantitative estimate of drug-likeness (QED) is 0.0785. The molecule has 296 valence electrons. The highest BCUT2D eigenvalue weighted by atomic mass is 32.2. The van der Waals surface area contributed by atoms with Crippen LogP contribution in [0, 0.1) is 6.92 Å². The van der Waals surface area contributed by atoms with E-state index in [0.29, 0.717) is 66.1 Å². The summed E-state index contributed by atoms with van der Waals surface area (Å²) in [5.41, 5.74) is 5.77. The van der Waals surface area contributed by atoms with Crippen molar-refractivity contribution in [1.82, 2.24) is 15.3 Å². The van der Waals surface area contributed by atoms with Crippen molar-refractivity contribution >= 4 is 55.8 Å². The standard InChI is InChI=1S/C41H48N6O8S/c1-25-9-10-27(38(48)45-34-21-29(41(2,3)4)22-35(37(34)54-7)47-56(8,50)51)20-32(25)26-11-14-33-28(19-26)24-43-40(46-33)44-30-12-13-31(36(23-30)53-6)39(49)42-15-16-55-18-17-52-5/h9-14,19-24,47H,15-18H2,1-8H3,(H,42,49)(H,45,48)(H,43,44,46). The minimum atomic E-state index is -3.63. The lowest BCUT2D eigenvalue weighted by atomic mass is 9.86. The summed E-state index contributed by atoms with van der Waals surface area (Å²) < 4.78 is 48.3. The van der Waals surface area contributed by atoms with Gasteiger partial charge in [0.2, 0.25) is 16.0 Å². The predicted octanol–water partition coefficient (Wildman–Crippen LogP) is 6.68. The summed E-state index contributed by atoms with van der Waals surface area (Å²) >= 11 is 0. The Morgan fingerprint density at radius 3 is 2.30 bits per heavy atom. The fourth-order valence-corrected chi connectivity index (χ4v) is 6.39. The maximum atomic E-state index is 13.7. The van der Waals surface area contributed by atoms with Crippen LogP contribution in [0.5, 0.6) is 11.5 Å². The lowest BCUT2D eigenvalue weighted by Crippen LogP contribution is -2.28. The molecule has 1 aromatic heterocycles. The van der Waals surface area contributed by atoms with E-state index in [2.05, 4.69) is 25.7 Å². The van der Waals surface area contributed by atoms with E-state index >= 15 is 0 Å². The zero-order chi connectivity index (χ0) is 40.6. The van der Waals surface area contributed by atoms with Gasteiger partial charge in [0.25, 0.3) is 11.8 Å². The maximum Gasteiger partial charge on any atom is 0.255 e. The normalized spacial score (nSPS) is 11.6. The number of benzene rings is 4. The molecule has 0 saturated heterocycles. The fraction of sp³-hybridized carbons (Fsp3) is 0.317. The van der Waals surface area contributed by atoms with Gasteiger partial charge in [0.1, 0.15) is 5.75 Å². The number of sulfonamides is 1. The largest absolute Gasteiger partial charge is 0.496 e. The number of hydrogen-bond acceptors (Lipinski definition) is 11. The van der Waals surface area contributed by atoms with Crippen LogP contribution in [0.2, 0.25) is 0 Å². The first-order chi connectivity index (χ1) is 26.6. The molecule has 0 aliphatic rings. The van der Waals surface area contributed by atoms with E-state index in [4.69, 9.17) is 23.9 Å². The molecule has 0 unspecified atom stereocenters. The first kappa shape index (κ1) is 41.4. The summed E-state index contributed by atoms with van der Waals surface area (Å²) in [4.78, 5) is 35.7. The Bertz CT molecular complexity index is 2340. The van der Waals surface area contributed by atoms with Gasteiger partial charge in [0, 0.05) is 42.6 Å². The number of fused-ring (bicyclic) bond motifs is 1. The van der Waals surface area contributed by atoms with Gasteiger partial charge in [-0.3, -0.25) is 14.3 Å². The number of methoxy groups -OCH3 is 3. The van der Waals surface area contributed by atoms with Gasteiger partial charge in [-0.15, -0.1) is 0 Å². The van der Waals surface area contributed by atoms with Gasteiger partial charge in [-0.1, -0.05) is 32.9 Å². The van der Waals surface area contributed by atoms with Crippen molar-refractivity contribution in [3.05, 3.63) is 95.2 Å². The van der Waals surface area contributed by atoms with Crippen molar-refractivity contribution in [2.75, 3.05) is 69.3 Å². The smallest absolute Gasteiger partial charge is 0.255 e. The summed E-state index contributed by atoms with van der Waals surface area (Å²) in [5.74, 6) is 0.258. The molecule has 0 atom stereocenters. The molecule has 0 saturated carbocycles. The van der Waals surface area contributed by atoms with Crippen LogP contribution in [0.15, 0.2) is 72.9 Å². The molecule has 0 aliphatic heterocycles. The number of aryl methyl sites for hydroxylation is 1. The van der Waals surface area contributed by atoms with Gasteiger partial charge >= 0.3 is 0 Å². The number of aromatic nitrogens is 2. The lowest BCUT2D eigenvalue weighted by molar-refractivity contribution is 0.0692. The van der Waals surface area contributed by atoms with Gasteiger partial charge < -0.3 is 34.9 Å². The molecule has 4 N–H and O–H groups in total. The average Bonchev–Trinajstić information content (AvgIpc) is 3.15. The van der Waals surface area contributed by atoms with Crippen LogP contribution in [-0.4, -0.2) is 84.2 Å². The number of nitrogens with zero attached hydrogens (tertiary/aromatic N) is 2. The third-order valence-electron chi connectivity index (χ3n) is 8.76. The maximum absolute atomic E-state index is 13.7. The minimum Gasteiger partial charge on any atom is -0.496 e. The van der Waals surface area contributed by atoms with E-state index < -0.39 is 15.9 Å². The molecule has 0 bridgehead atoms. The van der Waals surface area contributed by atoms with Crippen molar-refractivity contribution in [3.8, 4) is 22.6 Å². The van der Waals surface area contributed by atoms with Crippen LogP contribution in [0.1, 0.15) is 52.6 Å². The molecule has 2 amide bonds. The van der Waals surface area contributed by atoms with Crippen molar-refractivity contribution in [1.29, 1.82) is 0 Å². The molecule has 4 aromatic carbocycles. The number of carbonyl (C=O) groups is 2. The Kier molecular flexibility index (Phi) is 13.2. The zero-order valence-corrected chi connectivity index (χ0v) is 33.6. The third-order valence-corrected chi connectivity index (χ3v) is 9.35. The summed E-state index contributed by atoms with van der Waals surface area (Å²) in [6.45, 7) is 9.59. The SMILES string of the molecule is COCCOCCNC(=O)c1ccc(Nc2ncc3cc(-c4cc(C(=O)Nc5cc(C(C)(C)C)cc(NS(C)(=O)=O)c5OC)ccc4C)ccc3n2)cc1OC. The molecular formula is C41H48N6O8S. The number of hydrogen-bond donors (Lipinski definition) is 4. The topological polar surface area (TPSA) is 179 Å². The van der Waals surface area contributed by atoms with Crippen LogP contribution in [0.25, 0.3) is 22.0 Å². The number of ether oxygens (including phenoxy) is 4. The third kappa shape index (κ3) is 10.5. The van der Waals surface area contributed by atoms with Crippen molar-refractivity contribution < 1.29 is 37.0 Å². The Morgan fingerprint density at radius 2 is 1.61 bits per heavy atom. The molecule has 1 heterocycles. The molecule has 0 radical (unpaired) electrons. The monoisotopic (exact) mass is 784 g/mol. The van der Waals surface area contributed by atoms with Crippen molar-refractivity contribution in [2.45, 2.75) is 33.1 Å². The molecular weight excluding hydrogens is 737 g/mol. The first-order valence-electron chi connectivity index (χ1n) is 17.8. The van der Waals surface area contributed by atoms with Crippen molar-refractivity contribution in [2.24, 2.45) is 0 Å². The minimum absolute atomic E-state index is 0.197. The predicted molar refractivity (Wildman–Crippen MR) is 219 cm³/mol. The number of rotatable bonds is 16. The molecule has 5 aromatic rings. The Labute approximate surface area is 327 Å². The van der Waals surface area contributed by atoms with Crippen LogP contribution in [0.4, 0.5) is 23.0 Å². The Hall–Kier alpha value is -5.77. The molecule has 15 heteroatoms. The van der Waals surface area contributed by atoms with E-state index in [1.54, 1.807) is 49.7 Å². The molecule has 0 fully saturated rings. The van der Waals surface area contributed by atoms with Gasteiger partial charge in [0.05, 0.1) is 62.8 Å². The number of carbonyl (C=O) groups excluding carboxylic acids is 2. The number of amides is 2. The summed E-state index contributed by atoms with van der Waals surface area (Å²) in [7, 11) is 0.884. The second-order valence-electron chi connectivity index (χ2n) is 14.1. The summed E-state index contributed by atoms with van der Waals surface area (Å²) in [5, 5.41) is 9.73. The Balaban J connectivity index is 1.34. The fourth-order valence-electron chi connectivity index (χ4n) is 5.84. The summed E-state index contributed by atoms with van der Waals surface area (Å²) in [6, 6.07) is 19.8. The zero-order valence-electron chi connectivity index (χ0n) is 32.8. The molecule has 0 spiro atoms. The highest BCUT2D eigenvalue weighted by molar-refractivity contribution is 7.92. The van der Waals surface area contributed by atoms with Crippen LogP contribution < -0.4 is 30.1 Å². The van der Waals surface area contributed by atoms with Gasteiger partial charge in [0.15, 0.2) is 5.75 Å². The van der Waals surface area contributed by atoms with Crippen LogP contribution in [-0.2, 0) is 24.9 Å². The van der Waals surface area contributed by atoms with Crippen LogP contribution in [0.3, 0.4) is 0 Å². The van der Waals surface area contributed by atoms with Gasteiger partial charge in [-0.2, -0.15) is 0 Å². The van der Waals surface area contributed by atoms with Crippen molar-refractivity contribution in [3.63, 3.8) is 0 Å². The van der Waals surface area contributed by atoms with E-state index in [1.165, 1.54) is 14.2 Å².